The Morgan fingerprint density at radius 1 is 1.05 bits per heavy atom. The lowest BCUT2D eigenvalue weighted by atomic mass is 10.0. The Morgan fingerprint density at radius 3 is 2.18 bits per heavy atom. The van der Waals surface area contributed by atoms with Crippen molar-refractivity contribution in [2.75, 3.05) is 0 Å². The number of ketones is 1. The molecule has 2 aromatic rings. The topological polar surface area (TPSA) is 26.3 Å². The maximum atomic E-state index is 12.5. The lowest BCUT2D eigenvalue weighted by molar-refractivity contribution is 0.0900. The minimum atomic E-state index is -1.77. The quantitative estimate of drug-likeness (QED) is 0.515. The van der Waals surface area contributed by atoms with Gasteiger partial charge in [0.05, 0.1) is 6.10 Å². The smallest absolute Gasteiger partial charge is 0.184 e. The van der Waals surface area contributed by atoms with Gasteiger partial charge in [0, 0.05) is 17.0 Å². The first-order valence-corrected chi connectivity index (χ1v) is 11.2. The standard InChI is InChI=1S/C18H21ClO2Si/c1-22(2,3)21-18(15-9-11-16(19)12-10-15)13-17(20)14-7-5-4-6-8-14/h4-12,18H,13H2,1-3H3. The number of halogens is 1. The van der Waals surface area contributed by atoms with E-state index >= 15 is 0 Å². The van der Waals surface area contributed by atoms with Crippen LogP contribution < -0.4 is 0 Å². The van der Waals surface area contributed by atoms with E-state index in [0.29, 0.717) is 11.4 Å². The van der Waals surface area contributed by atoms with Crippen LogP contribution in [0.1, 0.15) is 28.4 Å². The molecule has 0 aliphatic heterocycles. The third kappa shape index (κ3) is 5.09. The average molecular weight is 333 g/mol. The molecule has 0 saturated heterocycles. The predicted octanol–water partition coefficient (Wildman–Crippen LogP) is 5.51. The second kappa shape index (κ2) is 7.23. The van der Waals surface area contributed by atoms with Gasteiger partial charge in [0.2, 0.25) is 0 Å². The first kappa shape index (κ1) is 16.9. The molecule has 0 heterocycles. The van der Waals surface area contributed by atoms with Crippen LogP contribution in [0.2, 0.25) is 24.7 Å². The van der Waals surface area contributed by atoms with Crippen molar-refractivity contribution >= 4 is 25.7 Å². The van der Waals surface area contributed by atoms with E-state index in [1.807, 2.05) is 54.6 Å². The van der Waals surface area contributed by atoms with E-state index in [1.54, 1.807) is 0 Å². The van der Waals surface area contributed by atoms with Gasteiger partial charge in [-0.15, -0.1) is 0 Å². The average Bonchev–Trinajstić information content (AvgIpc) is 2.47. The highest BCUT2D eigenvalue weighted by atomic mass is 35.5. The van der Waals surface area contributed by atoms with Gasteiger partial charge in [0.25, 0.3) is 0 Å². The fraction of sp³-hybridized carbons (Fsp3) is 0.278. The summed E-state index contributed by atoms with van der Waals surface area (Å²) in [7, 11) is -1.77. The van der Waals surface area contributed by atoms with Gasteiger partial charge in [0.1, 0.15) is 0 Å². The fourth-order valence-electron chi connectivity index (χ4n) is 2.24. The molecule has 4 heteroatoms. The number of hydrogen-bond acceptors (Lipinski definition) is 2. The van der Waals surface area contributed by atoms with Crippen molar-refractivity contribution in [2.45, 2.75) is 32.2 Å². The number of carbonyl (C=O) groups excluding carboxylic acids is 1. The molecule has 0 N–H and O–H groups in total. The van der Waals surface area contributed by atoms with Gasteiger partial charge in [0.15, 0.2) is 14.1 Å². The van der Waals surface area contributed by atoms with E-state index in [2.05, 4.69) is 19.6 Å². The van der Waals surface area contributed by atoms with Crippen LogP contribution in [0.4, 0.5) is 0 Å². The number of benzene rings is 2. The molecule has 22 heavy (non-hydrogen) atoms. The normalized spacial score (nSPS) is 12.9. The van der Waals surface area contributed by atoms with Gasteiger partial charge >= 0.3 is 0 Å². The molecule has 0 aliphatic carbocycles. The minimum Gasteiger partial charge on any atom is -0.410 e. The molecule has 0 bridgehead atoms. The number of Topliss-reactive ketones (excluding diaryl/α,β-unsaturated/α-hetero) is 1. The van der Waals surface area contributed by atoms with Crippen LogP contribution >= 0.6 is 11.6 Å². The predicted molar refractivity (Wildman–Crippen MR) is 94.0 cm³/mol. The Hall–Kier alpha value is -1.42. The molecular formula is C18H21ClO2Si. The number of hydrogen-bond donors (Lipinski definition) is 0. The molecule has 1 unspecified atom stereocenters. The molecule has 0 amide bonds. The second-order valence-electron chi connectivity index (χ2n) is 6.26. The van der Waals surface area contributed by atoms with Crippen LogP contribution in [0.5, 0.6) is 0 Å². The summed E-state index contributed by atoms with van der Waals surface area (Å²) in [6, 6.07) is 16.9. The van der Waals surface area contributed by atoms with Gasteiger partial charge < -0.3 is 4.43 Å². The zero-order chi connectivity index (χ0) is 16.2. The van der Waals surface area contributed by atoms with E-state index in [0.717, 1.165) is 11.1 Å². The van der Waals surface area contributed by atoms with Crippen LogP contribution in [-0.4, -0.2) is 14.1 Å². The summed E-state index contributed by atoms with van der Waals surface area (Å²) in [6.07, 6.45) is 0.118. The van der Waals surface area contributed by atoms with Crippen molar-refractivity contribution in [1.82, 2.24) is 0 Å². The largest absolute Gasteiger partial charge is 0.410 e. The van der Waals surface area contributed by atoms with Crippen molar-refractivity contribution in [3.63, 3.8) is 0 Å². The monoisotopic (exact) mass is 332 g/mol. The maximum absolute atomic E-state index is 12.5. The third-order valence-corrected chi connectivity index (χ3v) is 4.45. The molecule has 0 aliphatic rings. The van der Waals surface area contributed by atoms with Crippen molar-refractivity contribution in [3.8, 4) is 0 Å². The van der Waals surface area contributed by atoms with Gasteiger partial charge in [-0.3, -0.25) is 4.79 Å². The molecule has 2 aromatic carbocycles. The Labute approximate surface area is 138 Å². The molecule has 0 spiro atoms. The molecule has 116 valence electrons. The van der Waals surface area contributed by atoms with Crippen molar-refractivity contribution in [3.05, 3.63) is 70.7 Å². The second-order valence-corrected chi connectivity index (χ2v) is 11.2. The van der Waals surface area contributed by atoms with Crippen LogP contribution in [-0.2, 0) is 4.43 Å². The molecule has 0 aromatic heterocycles. The number of rotatable bonds is 6. The van der Waals surface area contributed by atoms with Crippen molar-refractivity contribution in [1.29, 1.82) is 0 Å². The first-order valence-electron chi connectivity index (χ1n) is 7.37. The molecule has 2 rings (SSSR count). The van der Waals surface area contributed by atoms with Crippen molar-refractivity contribution in [2.24, 2.45) is 0 Å². The van der Waals surface area contributed by atoms with Crippen LogP contribution in [0.25, 0.3) is 0 Å². The molecule has 2 nitrogen and oxygen atoms in total. The molecule has 0 fully saturated rings. The van der Waals surface area contributed by atoms with Gasteiger partial charge in [-0.1, -0.05) is 54.1 Å². The van der Waals surface area contributed by atoms with Gasteiger partial charge in [-0.2, -0.15) is 0 Å². The van der Waals surface area contributed by atoms with E-state index in [-0.39, 0.29) is 11.9 Å². The Balaban J connectivity index is 2.21. The lowest BCUT2D eigenvalue weighted by Gasteiger charge is -2.26. The summed E-state index contributed by atoms with van der Waals surface area (Å²) >= 11 is 5.95. The van der Waals surface area contributed by atoms with E-state index < -0.39 is 8.32 Å². The van der Waals surface area contributed by atoms with E-state index in [4.69, 9.17) is 16.0 Å². The summed E-state index contributed by atoms with van der Waals surface area (Å²) < 4.78 is 6.23. The Bertz CT molecular complexity index is 618. The molecule has 0 saturated carbocycles. The summed E-state index contributed by atoms with van der Waals surface area (Å²) in [6.45, 7) is 6.38. The molecular weight excluding hydrogens is 312 g/mol. The van der Waals surface area contributed by atoms with E-state index in [1.165, 1.54) is 0 Å². The highest BCUT2D eigenvalue weighted by Gasteiger charge is 2.25. The summed E-state index contributed by atoms with van der Waals surface area (Å²) in [5.41, 5.74) is 1.72. The lowest BCUT2D eigenvalue weighted by Crippen LogP contribution is -2.29. The highest BCUT2D eigenvalue weighted by Crippen LogP contribution is 2.28. The SMILES string of the molecule is C[Si](C)(C)OC(CC(=O)c1ccccc1)c1ccc(Cl)cc1. The molecule has 1 atom stereocenters. The first-order chi connectivity index (χ1) is 10.3. The van der Waals surface area contributed by atoms with Crippen molar-refractivity contribution < 1.29 is 9.22 Å². The number of carbonyl (C=O) groups is 1. The Kier molecular flexibility index (Phi) is 5.56. The zero-order valence-electron chi connectivity index (χ0n) is 13.2. The maximum Gasteiger partial charge on any atom is 0.184 e. The van der Waals surface area contributed by atoms with Crippen LogP contribution in [0.3, 0.4) is 0 Å². The zero-order valence-corrected chi connectivity index (χ0v) is 14.9. The summed E-state index contributed by atoms with van der Waals surface area (Å²) in [5, 5.41) is 0.685. The van der Waals surface area contributed by atoms with E-state index in [9.17, 15) is 4.79 Å². The molecule has 0 radical (unpaired) electrons. The Morgan fingerprint density at radius 2 is 1.64 bits per heavy atom. The highest BCUT2D eigenvalue weighted by molar-refractivity contribution is 6.69. The van der Waals surface area contributed by atoms with Gasteiger partial charge in [-0.25, -0.2) is 0 Å². The van der Waals surface area contributed by atoms with Gasteiger partial charge in [-0.05, 0) is 37.3 Å². The van der Waals surface area contributed by atoms with Crippen LogP contribution in [0.15, 0.2) is 54.6 Å². The fourth-order valence-corrected chi connectivity index (χ4v) is 3.44. The summed E-state index contributed by atoms with van der Waals surface area (Å²) in [4.78, 5) is 12.5. The minimum absolute atomic E-state index is 0.0961. The summed E-state index contributed by atoms with van der Waals surface area (Å²) in [5.74, 6) is 0.0961. The third-order valence-electron chi connectivity index (χ3n) is 3.20. The van der Waals surface area contributed by atoms with Crippen LogP contribution in [0, 0.1) is 0 Å².